The van der Waals surface area contributed by atoms with Crippen LogP contribution in [-0.2, 0) is 4.74 Å². The van der Waals surface area contributed by atoms with Crippen molar-refractivity contribution >= 4 is 27.5 Å². The van der Waals surface area contributed by atoms with E-state index >= 15 is 0 Å². The van der Waals surface area contributed by atoms with Crippen LogP contribution in [0.25, 0.3) is 0 Å². The zero-order valence-electron chi connectivity index (χ0n) is 12.1. The molecule has 1 aliphatic rings. The number of ether oxygens (including phenoxy) is 1. The molecule has 1 atom stereocenters. The SMILES string of the molecule is CC(C)(C)OC(=O)NCC[CH2][In]1[CH]=CC(C(F)(F)F)[CH2]1. The average molecular weight is 395 g/mol. The number of hydrogen-bond acceptors (Lipinski definition) is 2. The van der Waals surface area contributed by atoms with Gasteiger partial charge in [-0.05, 0) is 0 Å². The fraction of sp³-hybridized carbons (Fsp3) is 0.769. The summed E-state index contributed by atoms with van der Waals surface area (Å²) in [4.78, 5) is 11.4. The van der Waals surface area contributed by atoms with E-state index in [1.54, 1.807) is 20.8 Å². The van der Waals surface area contributed by atoms with E-state index in [1.807, 2.05) is 3.83 Å². The standard InChI is InChI=1S/C8H16NO2.C5H5F3.In/c1-5-6-9-7(10)11-8(2,3)4;1-3-4(2)5(6,7)8;/h1,5-6H2,2-4H3,(H,9,10);1,3-4H,2H2;. The molecule has 20 heavy (non-hydrogen) atoms. The van der Waals surface area contributed by atoms with Gasteiger partial charge in [0.15, 0.2) is 0 Å². The fourth-order valence-corrected chi connectivity index (χ4v) is 10.6. The number of carbonyl (C=O) groups is 1. The van der Waals surface area contributed by atoms with Gasteiger partial charge in [0.2, 0.25) is 0 Å². The van der Waals surface area contributed by atoms with Crippen LogP contribution in [0.2, 0.25) is 8.35 Å². The van der Waals surface area contributed by atoms with Gasteiger partial charge in [-0.1, -0.05) is 0 Å². The Morgan fingerprint density at radius 3 is 2.55 bits per heavy atom. The number of nitrogens with one attached hydrogen (secondary N) is 1. The maximum absolute atomic E-state index is 12.5. The first-order valence-corrected chi connectivity index (χ1v) is 13.4. The summed E-state index contributed by atoms with van der Waals surface area (Å²) in [5.74, 6) is -1.22. The molecule has 1 aliphatic heterocycles. The van der Waals surface area contributed by atoms with Gasteiger partial charge in [0, 0.05) is 0 Å². The number of allylic oxidation sites excluding steroid dienone is 1. The van der Waals surface area contributed by atoms with Crippen LogP contribution in [0.15, 0.2) is 9.91 Å². The Bertz CT molecular complexity index is 364. The Labute approximate surface area is 125 Å². The predicted molar refractivity (Wildman–Crippen MR) is 72.9 cm³/mol. The molecule has 1 heterocycles. The van der Waals surface area contributed by atoms with E-state index in [-0.39, 0.29) is 0 Å². The molecule has 0 fully saturated rings. The van der Waals surface area contributed by atoms with Gasteiger partial charge in [-0.25, -0.2) is 0 Å². The molecule has 1 N–H and O–H groups in total. The molecule has 0 saturated carbocycles. The number of alkyl carbamates (subject to hydrolysis) is 1. The maximum atomic E-state index is 12.5. The van der Waals surface area contributed by atoms with E-state index in [9.17, 15) is 18.0 Å². The van der Waals surface area contributed by atoms with E-state index in [2.05, 4.69) is 5.32 Å². The summed E-state index contributed by atoms with van der Waals surface area (Å²) >= 11 is -2.14. The predicted octanol–water partition coefficient (Wildman–Crippen LogP) is 3.68. The van der Waals surface area contributed by atoms with Crippen LogP contribution in [-0.4, -0.2) is 45.9 Å². The van der Waals surface area contributed by atoms with E-state index < -0.39 is 45.2 Å². The number of carbonyl (C=O) groups excluding carboxylic acids is 1. The van der Waals surface area contributed by atoms with Crippen molar-refractivity contribution < 1.29 is 22.7 Å². The fourth-order valence-electron chi connectivity index (χ4n) is 2.10. The molecule has 0 aromatic carbocycles. The second-order valence-corrected chi connectivity index (χ2v) is 14.5. The number of halogens is 3. The zero-order chi connectivity index (χ0) is 15.4. The van der Waals surface area contributed by atoms with E-state index in [1.165, 1.54) is 6.08 Å². The van der Waals surface area contributed by atoms with Crippen LogP contribution in [0, 0.1) is 5.92 Å². The van der Waals surface area contributed by atoms with Crippen molar-refractivity contribution in [1.82, 2.24) is 5.32 Å². The molecule has 0 aromatic heterocycles. The first kappa shape index (κ1) is 17.7. The third kappa shape index (κ3) is 6.90. The summed E-state index contributed by atoms with van der Waals surface area (Å²) in [6, 6.07) is 0. The molecular weight excluding hydrogens is 374 g/mol. The van der Waals surface area contributed by atoms with Gasteiger partial charge in [0.25, 0.3) is 0 Å². The van der Waals surface area contributed by atoms with Crippen LogP contribution in [0.4, 0.5) is 18.0 Å². The molecule has 0 radical (unpaired) electrons. The molecule has 3 nitrogen and oxygen atoms in total. The summed E-state index contributed by atoms with van der Waals surface area (Å²) < 4.78 is 45.6. The van der Waals surface area contributed by atoms with Gasteiger partial charge in [-0.2, -0.15) is 0 Å². The minimum absolute atomic E-state index is 0.331. The molecule has 114 valence electrons. The molecule has 1 unspecified atom stereocenters. The van der Waals surface area contributed by atoms with Gasteiger partial charge in [-0.15, -0.1) is 0 Å². The van der Waals surface area contributed by atoms with Crippen LogP contribution >= 0.6 is 0 Å². The van der Waals surface area contributed by atoms with Gasteiger partial charge >= 0.3 is 125 Å². The number of amides is 1. The summed E-state index contributed by atoms with van der Waals surface area (Å²) in [5, 5.41) is 2.63. The Balaban J connectivity index is 2.15. The van der Waals surface area contributed by atoms with Gasteiger partial charge in [0.05, 0.1) is 0 Å². The van der Waals surface area contributed by atoms with Crippen LogP contribution < -0.4 is 5.32 Å². The van der Waals surface area contributed by atoms with E-state index in [0.717, 1.165) is 10.6 Å². The summed E-state index contributed by atoms with van der Waals surface area (Å²) in [5.41, 5.74) is -0.530. The second-order valence-electron chi connectivity index (χ2n) is 6.10. The topological polar surface area (TPSA) is 38.3 Å². The molecule has 0 spiro atoms. The Morgan fingerprint density at radius 1 is 1.40 bits per heavy atom. The molecule has 0 bridgehead atoms. The average Bonchev–Trinajstić information content (AvgIpc) is 2.70. The number of rotatable bonds is 4. The third-order valence-electron chi connectivity index (χ3n) is 3.01. The van der Waals surface area contributed by atoms with Crippen LogP contribution in [0.5, 0.6) is 0 Å². The molecule has 7 heteroatoms. The zero-order valence-corrected chi connectivity index (χ0v) is 15.4. The minimum atomic E-state index is -4.09. The molecule has 1 amide bonds. The number of hydrogen-bond donors (Lipinski definition) is 1. The van der Waals surface area contributed by atoms with Crippen molar-refractivity contribution in [3.8, 4) is 0 Å². The van der Waals surface area contributed by atoms with Crippen molar-refractivity contribution in [2.24, 2.45) is 5.92 Å². The van der Waals surface area contributed by atoms with Gasteiger partial charge in [-0.3, -0.25) is 0 Å². The van der Waals surface area contributed by atoms with Crippen molar-refractivity contribution in [1.29, 1.82) is 0 Å². The quantitative estimate of drug-likeness (QED) is 0.738. The third-order valence-corrected chi connectivity index (χ3v) is 11.7. The Hall–Kier alpha value is -0.330. The van der Waals surface area contributed by atoms with Crippen molar-refractivity contribution in [2.75, 3.05) is 6.54 Å². The molecule has 0 aromatic rings. The van der Waals surface area contributed by atoms with Crippen LogP contribution in [0.1, 0.15) is 27.2 Å². The summed E-state index contributed by atoms with van der Waals surface area (Å²) in [7, 11) is 0. The van der Waals surface area contributed by atoms with E-state index in [0.29, 0.717) is 10.7 Å². The van der Waals surface area contributed by atoms with Crippen LogP contribution in [0.3, 0.4) is 0 Å². The van der Waals surface area contributed by atoms with Crippen molar-refractivity contribution in [3.05, 3.63) is 9.91 Å². The summed E-state index contributed by atoms with van der Waals surface area (Å²) in [6.45, 7) is 5.81. The normalized spacial score (nSPS) is 19.3. The molecular formula is C13H21F3InNO2. The van der Waals surface area contributed by atoms with Crippen molar-refractivity contribution in [2.45, 2.75) is 47.3 Å². The Morgan fingerprint density at radius 2 is 2.05 bits per heavy atom. The Kier molecular flexibility index (Phi) is 6.28. The van der Waals surface area contributed by atoms with E-state index in [4.69, 9.17) is 4.74 Å². The first-order chi connectivity index (χ1) is 9.08. The first-order valence-electron chi connectivity index (χ1n) is 6.80. The monoisotopic (exact) mass is 395 g/mol. The van der Waals surface area contributed by atoms with Gasteiger partial charge < -0.3 is 0 Å². The molecule has 0 saturated heterocycles. The molecule has 1 rings (SSSR count). The molecule has 0 aliphatic carbocycles. The summed E-state index contributed by atoms with van der Waals surface area (Å²) in [6.07, 6.45) is -2.49. The van der Waals surface area contributed by atoms with Gasteiger partial charge in [0.1, 0.15) is 0 Å². The number of alkyl halides is 3. The second kappa shape index (κ2) is 7.09. The van der Waals surface area contributed by atoms with Crippen molar-refractivity contribution in [3.63, 3.8) is 0 Å².